The van der Waals surface area contributed by atoms with E-state index in [9.17, 15) is 9.59 Å². The molecule has 0 bridgehead atoms. The fourth-order valence-electron chi connectivity index (χ4n) is 2.09. The average Bonchev–Trinajstić information content (AvgIpc) is 2.61. The minimum absolute atomic E-state index is 0.0672. The van der Waals surface area contributed by atoms with Crippen molar-refractivity contribution in [2.24, 2.45) is 0 Å². The highest BCUT2D eigenvalue weighted by atomic mass is 16.2. The molecule has 78 valence electrons. The molecule has 2 rings (SSSR count). The van der Waals surface area contributed by atoms with Crippen LogP contribution >= 0.6 is 0 Å². The van der Waals surface area contributed by atoms with Crippen LogP contribution in [0.3, 0.4) is 0 Å². The number of urea groups is 1. The zero-order valence-electron chi connectivity index (χ0n) is 8.46. The first-order chi connectivity index (χ1) is 6.57. The van der Waals surface area contributed by atoms with Crippen LogP contribution in [0.1, 0.15) is 20.3 Å². The molecule has 3 amide bonds. The Balaban J connectivity index is 2.26. The van der Waals surface area contributed by atoms with Gasteiger partial charge in [-0.2, -0.15) is 0 Å². The first kappa shape index (κ1) is 9.45. The molecule has 1 atom stereocenters. The van der Waals surface area contributed by atoms with Crippen molar-refractivity contribution in [3.63, 3.8) is 0 Å². The fourth-order valence-corrected chi connectivity index (χ4v) is 2.09. The Bertz CT molecular complexity index is 282. The lowest BCUT2D eigenvalue weighted by atomic mass is 9.99. The number of amides is 3. The quantitative estimate of drug-likeness (QED) is 0.566. The maximum atomic E-state index is 12.0. The summed E-state index contributed by atoms with van der Waals surface area (Å²) in [5.74, 6) is -0.0810. The highest BCUT2D eigenvalue weighted by Crippen LogP contribution is 2.25. The van der Waals surface area contributed by atoms with Crippen molar-refractivity contribution in [2.45, 2.75) is 31.8 Å². The highest BCUT2D eigenvalue weighted by Gasteiger charge is 2.53. The molecule has 1 unspecified atom stereocenters. The molecule has 0 aromatic rings. The van der Waals surface area contributed by atoms with Crippen LogP contribution in [0.25, 0.3) is 0 Å². The van der Waals surface area contributed by atoms with Crippen molar-refractivity contribution in [2.75, 3.05) is 13.1 Å². The number of carbonyl (C=O) groups is 2. The van der Waals surface area contributed by atoms with Crippen LogP contribution < -0.4 is 10.6 Å². The summed E-state index contributed by atoms with van der Waals surface area (Å²) >= 11 is 0. The molecule has 1 spiro atoms. The molecular weight excluding hydrogens is 182 g/mol. The lowest BCUT2D eigenvalue weighted by molar-refractivity contribution is -0.131. The second-order valence-electron chi connectivity index (χ2n) is 4.21. The van der Waals surface area contributed by atoms with E-state index < -0.39 is 5.54 Å². The van der Waals surface area contributed by atoms with E-state index in [1.807, 2.05) is 13.8 Å². The molecule has 0 aromatic carbocycles. The third kappa shape index (κ3) is 1.12. The lowest BCUT2D eigenvalue weighted by Crippen LogP contribution is -2.49. The molecule has 0 radical (unpaired) electrons. The number of carbonyl (C=O) groups excluding carboxylic acids is 2. The van der Waals surface area contributed by atoms with Crippen LogP contribution in [0, 0.1) is 0 Å². The maximum Gasteiger partial charge on any atom is 0.325 e. The Labute approximate surface area is 82.8 Å². The van der Waals surface area contributed by atoms with Gasteiger partial charge >= 0.3 is 6.03 Å². The SMILES string of the molecule is CC(C)N1C(=O)NC2(CCNC2)C1=O. The Hall–Kier alpha value is -1.10. The predicted octanol–water partition coefficient (Wildman–Crippen LogP) is -0.321. The van der Waals surface area contributed by atoms with Gasteiger partial charge in [0.2, 0.25) is 0 Å². The predicted molar refractivity (Wildman–Crippen MR) is 50.7 cm³/mol. The van der Waals surface area contributed by atoms with Crippen LogP contribution in [0.2, 0.25) is 0 Å². The molecule has 0 aromatic heterocycles. The van der Waals surface area contributed by atoms with Gasteiger partial charge in [-0.1, -0.05) is 0 Å². The first-order valence-electron chi connectivity index (χ1n) is 4.93. The van der Waals surface area contributed by atoms with Gasteiger partial charge in [0.25, 0.3) is 5.91 Å². The summed E-state index contributed by atoms with van der Waals surface area (Å²) < 4.78 is 0. The van der Waals surface area contributed by atoms with Crippen molar-refractivity contribution < 1.29 is 9.59 Å². The van der Waals surface area contributed by atoms with Crippen molar-refractivity contribution >= 4 is 11.9 Å². The number of hydrogen-bond donors (Lipinski definition) is 2. The minimum atomic E-state index is -0.651. The number of hydrogen-bond acceptors (Lipinski definition) is 3. The second kappa shape index (κ2) is 2.95. The Kier molecular flexibility index (Phi) is 1.99. The smallest absolute Gasteiger partial charge is 0.322 e. The van der Waals surface area contributed by atoms with E-state index in [0.29, 0.717) is 13.0 Å². The van der Waals surface area contributed by atoms with Gasteiger partial charge in [-0.3, -0.25) is 9.69 Å². The summed E-state index contributed by atoms with van der Waals surface area (Å²) in [6.45, 7) is 5.04. The molecule has 2 saturated heterocycles. The Morgan fingerprint density at radius 3 is 2.57 bits per heavy atom. The van der Waals surface area contributed by atoms with Crippen LogP contribution in [0.4, 0.5) is 4.79 Å². The van der Waals surface area contributed by atoms with Crippen molar-refractivity contribution in [3.8, 4) is 0 Å². The molecule has 2 N–H and O–H groups in total. The Morgan fingerprint density at radius 2 is 2.14 bits per heavy atom. The van der Waals surface area contributed by atoms with E-state index >= 15 is 0 Å². The topological polar surface area (TPSA) is 61.4 Å². The van der Waals surface area contributed by atoms with E-state index in [0.717, 1.165) is 6.54 Å². The molecule has 5 nitrogen and oxygen atoms in total. The van der Waals surface area contributed by atoms with Gasteiger partial charge in [0, 0.05) is 12.6 Å². The summed E-state index contributed by atoms with van der Waals surface area (Å²) in [7, 11) is 0. The average molecular weight is 197 g/mol. The molecule has 0 saturated carbocycles. The molecule has 2 fully saturated rings. The Morgan fingerprint density at radius 1 is 1.43 bits per heavy atom. The molecule has 5 heteroatoms. The van der Waals surface area contributed by atoms with Gasteiger partial charge in [0.05, 0.1) is 0 Å². The van der Waals surface area contributed by atoms with Crippen molar-refractivity contribution in [3.05, 3.63) is 0 Å². The van der Waals surface area contributed by atoms with E-state index in [4.69, 9.17) is 0 Å². The number of nitrogens with zero attached hydrogens (tertiary/aromatic N) is 1. The van der Waals surface area contributed by atoms with Gasteiger partial charge in [-0.15, -0.1) is 0 Å². The molecular formula is C9H15N3O2. The minimum Gasteiger partial charge on any atom is -0.322 e. The van der Waals surface area contributed by atoms with E-state index in [2.05, 4.69) is 10.6 Å². The second-order valence-corrected chi connectivity index (χ2v) is 4.21. The third-order valence-electron chi connectivity index (χ3n) is 2.86. The standard InChI is InChI=1S/C9H15N3O2/c1-6(2)12-7(13)9(11-8(12)14)3-4-10-5-9/h6,10H,3-5H2,1-2H3,(H,11,14). The summed E-state index contributed by atoms with van der Waals surface area (Å²) in [5, 5.41) is 5.89. The van der Waals surface area contributed by atoms with Gasteiger partial charge in [0.1, 0.15) is 5.54 Å². The first-order valence-corrected chi connectivity index (χ1v) is 4.93. The summed E-state index contributed by atoms with van der Waals surface area (Å²) in [4.78, 5) is 24.9. The van der Waals surface area contributed by atoms with Crippen molar-refractivity contribution in [1.29, 1.82) is 0 Å². The van der Waals surface area contributed by atoms with E-state index in [-0.39, 0.29) is 18.0 Å². The number of nitrogens with one attached hydrogen (secondary N) is 2. The van der Waals surface area contributed by atoms with Crippen LogP contribution in [-0.2, 0) is 4.79 Å². The van der Waals surface area contributed by atoms with Gasteiger partial charge in [-0.25, -0.2) is 4.79 Å². The van der Waals surface area contributed by atoms with Crippen LogP contribution in [-0.4, -0.2) is 41.5 Å². The largest absolute Gasteiger partial charge is 0.325 e. The third-order valence-corrected chi connectivity index (χ3v) is 2.86. The number of imide groups is 1. The molecule has 2 heterocycles. The normalized spacial score (nSPS) is 32.1. The van der Waals surface area contributed by atoms with Gasteiger partial charge < -0.3 is 10.6 Å². The highest BCUT2D eigenvalue weighted by molar-refractivity contribution is 6.07. The lowest BCUT2D eigenvalue weighted by Gasteiger charge is -2.21. The van der Waals surface area contributed by atoms with Gasteiger partial charge in [0.15, 0.2) is 0 Å². The van der Waals surface area contributed by atoms with Gasteiger partial charge in [-0.05, 0) is 26.8 Å². The van der Waals surface area contributed by atoms with E-state index in [1.165, 1.54) is 4.90 Å². The van der Waals surface area contributed by atoms with Crippen LogP contribution in [0.5, 0.6) is 0 Å². The maximum absolute atomic E-state index is 12.0. The monoisotopic (exact) mass is 197 g/mol. The summed E-state index contributed by atoms with van der Waals surface area (Å²) in [5.41, 5.74) is -0.651. The molecule has 2 aliphatic rings. The molecule has 14 heavy (non-hydrogen) atoms. The van der Waals surface area contributed by atoms with Crippen molar-refractivity contribution in [1.82, 2.24) is 15.5 Å². The molecule has 0 aliphatic carbocycles. The van der Waals surface area contributed by atoms with E-state index in [1.54, 1.807) is 0 Å². The zero-order chi connectivity index (χ0) is 10.3. The zero-order valence-corrected chi connectivity index (χ0v) is 8.46. The summed E-state index contributed by atoms with van der Waals surface area (Å²) in [6, 6.07) is -0.323. The summed E-state index contributed by atoms with van der Waals surface area (Å²) in [6.07, 6.45) is 0.695. The number of rotatable bonds is 1. The molecule has 2 aliphatic heterocycles. The van der Waals surface area contributed by atoms with Crippen LogP contribution in [0.15, 0.2) is 0 Å². The fraction of sp³-hybridized carbons (Fsp3) is 0.778.